The van der Waals surface area contributed by atoms with Gasteiger partial charge in [0.2, 0.25) is 0 Å². The molecule has 1 aromatic carbocycles. The third-order valence-electron chi connectivity index (χ3n) is 6.17. The van der Waals surface area contributed by atoms with Crippen LogP contribution in [0.15, 0.2) is 4.90 Å². The van der Waals surface area contributed by atoms with Crippen molar-refractivity contribution in [3.63, 3.8) is 0 Å². The van der Waals surface area contributed by atoms with E-state index in [9.17, 15) is 4.79 Å². The number of nitrogens with zero attached hydrogens (tertiary/aromatic N) is 3. The van der Waals surface area contributed by atoms with Crippen LogP contribution in [0.2, 0.25) is 0 Å². The summed E-state index contributed by atoms with van der Waals surface area (Å²) in [5, 5.41) is 3.43. The lowest BCUT2D eigenvalue weighted by Crippen LogP contribution is -2.50. The Kier molecular flexibility index (Phi) is 7.25. The highest BCUT2D eigenvalue weighted by atomic mass is 32.1. The predicted molar refractivity (Wildman–Crippen MR) is 126 cm³/mol. The van der Waals surface area contributed by atoms with E-state index in [-0.39, 0.29) is 6.09 Å². The second-order valence-corrected chi connectivity index (χ2v) is 9.98. The first kappa shape index (κ1) is 23.2. The van der Waals surface area contributed by atoms with Crippen LogP contribution in [0.25, 0.3) is 0 Å². The minimum atomic E-state index is -0.460. The summed E-state index contributed by atoms with van der Waals surface area (Å²) in [6.07, 6.45) is -0.214. The predicted octanol–water partition coefficient (Wildman–Crippen LogP) is 3.36. The smallest absolute Gasteiger partial charge is 0.410 e. The highest BCUT2D eigenvalue weighted by Crippen LogP contribution is 2.37. The Balaban J connectivity index is 1.78. The number of amides is 1. The zero-order chi connectivity index (χ0) is 22.1. The van der Waals surface area contributed by atoms with Crippen molar-refractivity contribution in [1.29, 1.82) is 0 Å². The van der Waals surface area contributed by atoms with E-state index in [4.69, 9.17) is 17.4 Å². The zero-order valence-corrected chi connectivity index (χ0v) is 20.4. The van der Waals surface area contributed by atoms with Gasteiger partial charge in [0.1, 0.15) is 5.60 Å². The summed E-state index contributed by atoms with van der Waals surface area (Å²) in [7, 11) is 0. The lowest BCUT2D eigenvalue weighted by Gasteiger charge is -2.39. The molecule has 1 amide bonds. The third kappa shape index (κ3) is 5.24. The van der Waals surface area contributed by atoms with Crippen molar-refractivity contribution in [2.45, 2.75) is 58.6 Å². The van der Waals surface area contributed by atoms with Crippen molar-refractivity contribution in [2.75, 3.05) is 57.3 Å². The van der Waals surface area contributed by atoms with Crippen LogP contribution < -0.4 is 10.2 Å². The fourth-order valence-electron chi connectivity index (χ4n) is 4.49. The molecule has 0 spiro atoms. The first-order valence-electron chi connectivity index (χ1n) is 11.1. The summed E-state index contributed by atoms with van der Waals surface area (Å²) in [5.74, 6) is 0. The van der Waals surface area contributed by atoms with Gasteiger partial charge >= 0.3 is 6.09 Å². The van der Waals surface area contributed by atoms with E-state index in [0.717, 1.165) is 50.7 Å². The molecule has 7 heteroatoms. The Labute approximate surface area is 187 Å². The molecule has 1 N–H and O–H groups in total. The summed E-state index contributed by atoms with van der Waals surface area (Å²) in [4.78, 5) is 20.3. The topological polar surface area (TPSA) is 48.1 Å². The molecule has 6 nitrogen and oxygen atoms in total. The fourth-order valence-corrected chi connectivity index (χ4v) is 4.73. The normalized spacial score (nSPS) is 18.6. The van der Waals surface area contributed by atoms with Gasteiger partial charge in [-0.25, -0.2) is 4.79 Å². The molecule has 2 heterocycles. The number of rotatable bonds is 3. The number of ether oxygens (including phenoxy) is 1. The molecule has 0 bridgehead atoms. The quantitative estimate of drug-likeness (QED) is 0.715. The minimum absolute atomic E-state index is 0.214. The van der Waals surface area contributed by atoms with Crippen molar-refractivity contribution in [3.05, 3.63) is 22.3 Å². The number of nitrogens with one attached hydrogen (secondary N) is 1. The summed E-state index contributed by atoms with van der Waals surface area (Å²) in [6.45, 7) is 20.6. The Bertz CT molecular complexity index is 777. The monoisotopic (exact) mass is 434 g/mol. The molecule has 0 aromatic heterocycles. The van der Waals surface area contributed by atoms with Gasteiger partial charge in [-0.2, -0.15) is 0 Å². The van der Waals surface area contributed by atoms with E-state index < -0.39 is 5.60 Å². The van der Waals surface area contributed by atoms with E-state index in [1.807, 2.05) is 25.7 Å². The number of anilines is 1. The van der Waals surface area contributed by atoms with Gasteiger partial charge in [-0.05, 0) is 63.8 Å². The summed E-state index contributed by atoms with van der Waals surface area (Å²) in [6, 6.07) is 0. The van der Waals surface area contributed by atoms with Crippen LogP contribution in [0.1, 0.15) is 43.0 Å². The minimum Gasteiger partial charge on any atom is -0.444 e. The van der Waals surface area contributed by atoms with Gasteiger partial charge in [-0.1, -0.05) is 0 Å². The maximum absolute atomic E-state index is 12.4. The molecule has 2 fully saturated rings. The van der Waals surface area contributed by atoms with Crippen molar-refractivity contribution in [3.8, 4) is 0 Å². The van der Waals surface area contributed by atoms with Crippen LogP contribution in [0.3, 0.4) is 0 Å². The Morgan fingerprint density at radius 3 is 2.13 bits per heavy atom. The van der Waals surface area contributed by atoms with Gasteiger partial charge in [0, 0.05) is 69.5 Å². The zero-order valence-electron chi connectivity index (χ0n) is 19.5. The molecule has 3 rings (SSSR count). The average Bonchev–Trinajstić information content (AvgIpc) is 2.70. The number of thiol groups is 1. The van der Waals surface area contributed by atoms with Crippen molar-refractivity contribution in [1.82, 2.24) is 15.1 Å². The van der Waals surface area contributed by atoms with Crippen LogP contribution in [0.4, 0.5) is 10.5 Å². The van der Waals surface area contributed by atoms with Crippen LogP contribution in [-0.2, 0) is 11.3 Å². The Hall–Kier alpha value is -1.44. The number of piperazine rings is 2. The summed E-state index contributed by atoms with van der Waals surface area (Å²) < 4.78 is 5.55. The van der Waals surface area contributed by atoms with Crippen LogP contribution in [0.5, 0.6) is 0 Å². The molecule has 168 valence electrons. The molecule has 0 radical (unpaired) electrons. The number of hydrogen-bond donors (Lipinski definition) is 2. The van der Waals surface area contributed by atoms with Gasteiger partial charge in [-0.15, -0.1) is 12.6 Å². The lowest BCUT2D eigenvalue weighted by atomic mass is 9.95. The first-order chi connectivity index (χ1) is 14.1. The van der Waals surface area contributed by atoms with Crippen molar-refractivity contribution in [2.24, 2.45) is 0 Å². The summed E-state index contributed by atoms with van der Waals surface area (Å²) >= 11 is 4.89. The highest BCUT2D eigenvalue weighted by Gasteiger charge is 2.28. The Morgan fingerprint density at radius 1 is 0.967 bits per heavy atom. The molecule has 0 unspecified atom stereocenters. The first-order valence-corrected chi connectivity index (χ1v) is 11.5. The van der Waals surface area contributed by atoms with E-state index in [1.165, 1.54) is 27.9 Å². The molecule has 30 heavy (non-hydrogen) atoms. The molecular weight excluding hydrogens is 396 g/mol. The van der Waals surface area contributed by atoms with Crippen LogP contribution >= 0.6 is 12.6 Å². The number of carbonyl (C=O) groups is 1. The standard InChI is InChI=1S/C23H38N4O2S/c1-16-19(15-25-9-7-24-8-10-25)17(2)21(30)18(3)20(16)26-11-13-27(14-12-26)22(28)29-23(4,5)6/h24,30H,7-15H2,1-6H3. The maximum Gasteiger partial charge on any atom is 0.410 e. The van der Waals surface area contributed by atoms with Gasteiger partial charge < -0.3 is 19.9 Å². The highest BCUT2D eigenvalue weighted by molar-refractivity contribution is 7.80. The molecule has 0 aliphatic carbocycles. The molecule has 0 atom stereocenters. The Morgan fingerprint density at radius 2 is 1.57 bits per heavy atom. The lowest BCUT2D eigenvalue weighted by molar-refractivity contribution is 0.0240. The molecule has 0 saturated carbocycles. The van der Waals surface area contributed by atoms with Crippen molar-refractivity contribution < 1.29 is 9.53 Å². The van der Waals surface area contributed by atoms with Gasteiger partial charge in [0.25, 0.3) is 0 Å². The van der Waals surface area contributed by atoms with E-state index in [1.54, 1.807) is 0 Å². The molecule has 1 aromatic rings. The van der Waals surface area contributed by atoms with Gasteiger partial charge in [-0.3, -0.25) is 4.90 Å². The molecule has 2 aliphatic heterocycles. The molecular formula is C23H38N4O2S. The number of benzene rings is 1. The SMILES string of the molecule is Cc1c(S)c(C)c(N2CCN(C(=O)OC(C)(C)C)CC2)c(C)c1CN1CCNCC1. The largest absolute Gasteiger partial charge is 0.444 e. The third-order valence-corrected chi connectivity index (χ3v) is 6.84. The molecule has 2 aliphatic rings. The van der Waals surface area contributed by atoms with Crippen LogP contribution in [0, 0.1) is 20.8 Å². The summed E-state index contributed by atoms with van der Waals surface area (Å²) in [5.41, 5.74) is 6.12. The maximum atomic E-state index is 12.4. The van der Waals surface area contributed by atoms with E-state index in [2.05, 4.69) is 35.9 Å². The number of carbonyl (C=O) groups excluding carboxylic acids is 1. The van der Waals surface area contributed by atoms with Gasteiger partial charge in [0.15, 0.2) is 0 Å². The fraction of sp³-hybridized carbons (Fsp3) is 0.696. The van der Waals surface area contributed by atoms with Crippen LogP contribution in [-0.4, -0.2) is 73.9 Å². The number of hydrogen-bond acceptors (Lipinski definition) is 6. The average molecular weight is 435 g/mol. The van der Waals surface area contributed by atoms with E-state index in [0.29, 0.717) is 13.1 Å². The molecule has 2 saturated heterocycles. The second kappa shape index (κ2) is 9.37. The van der Waals surface area contributed by atoms with Crippen molar-refractivity contribution >= 4 is 24.4 Å². The van der Waals surface area contributed by atoms with E-state index >= 15 is 0 Å². The second-order valence-electron chi connectivity index (χ2n) is 9.53. The van der Waals surface area contributed by atoms with Gasteiger partial charge in [0.05, 0.1) is 0 Å².